The summed E-state index contributed by atoms with van der Waals surface area (Å²) in [4.78, 5) is 53.1. The van der Waals surface area contributed by atoms with Crippen molar-refractivity contribution in [1.29, 1.82) is 0 Å². The lowest BCUT2D eigenvalue weighted by Crippen LogP contribution is -2.48. The number of nitrogens with two attached hydrogens (primary N) is 1. The second-order valence-corrected chi connectivity index (χ2v) is 22.4. The Morgan fingerprint density at radius 1 is 0.920 bits per heavy atom. The lowest BCUT2D eigenvalue weighted by molar-refractivity contribution is -0.141. The maximum Gasteiger partial charge on any atom is 0.254 e. The number of aliphatic hydroxyl groups is 1. The summed E-state index contributed by atoms with van der Waals surface area (Å²) in [5.74, 6) is 0.952. The van der Waals surface area contributed by atoms with Crippen molar-refractivity contribution in [3.63, 3.8) is 0 Å². The van der Waals surface area contributed by atoms with E-state index in [1.165, 1.54) is 4.90 Å². The number of phenolic OH excluding ortho intramolecular Hbond substituents is 1. The van der Waals surface area contributed by atoms with Crippen LogP contribution in [-0.2, 0) is 14.4 Å². The zero-order chi connectivity index (χ0) is 52.3. The third-order valence-electron chi connectivity index (χ3n) is 16.0. The zero-order valence-corrected chi connectivity index (χ0v) is 44.1. The first-order valence-corrected chi connectivity index (χ1v) is 27.5. The number of ether oxygens (including phenoxy) is 1. The molecule has 3 amide bonds. The van der Waals surface area contributed by atoms with Gasteiger partial charge in [-0.2, -0.15) is 5.10 Å². The number of anilines is 1. The SMILES string of the molecule is Cc1ncsc1-c1ccc([C@H](C)NC(=O)[C@@H]2C[C@@H](O)CN2C(=O)[C@@H](c2cc(OCCC3CCN(C(=O)C4CC(CN5CCC(n6cc(-c7cc(-c8ccccc8O)nnc7N)cn6)CC5)C4)CC3)no2)C(C)C)cc1. The van der Waals surface area contributed by atoms with Crippen LogP contribution in [0.3, 0.4) is 0 Å². The highest BCUT2D eigenvalue weighted by Gasteiger charge is 2.44. The number of β-amino-alcohol motifs (C(OH)–C–C–N with tert-alkyl or cyclic N) is 1. The van der Waals surface area contributed by atoms with E-state index in [0.717, 1.165) is 110 Å². The van der Waals surface area contributed by atoms with Crippen LogP contribution >= 0.6 is 11.3 Å². The van der Waals surface area contributed by atoms with Gasteiger partial charge >= 0.3 is 0 Å². The molecule has 3 aliphatic heterocycles. The van der Waals surface area contributed by atoms with Gasteiger partial charge in [-0.15, -0.1) is 21.5 Å². The normalized spacial score (nSPS) is 21.5. The van der Waals surface area contributed by atoms with E-state index in [4.69, 9.17) is 20.1 Å². The molecule has 4 fully saturated rings. The highest BCUT2D eigenvalue weighted by molar-refractivity contribution is 7.13. The Kier molecular flexibility index (Phi) is 15.6. The van der Waals surface area contributed by atoms with E-state index in [9.17, 15) is 24.6 Å². The molecule has 1 saturated carbocycles. The van der Waals surface area contributed by atoms with E-state index in [1.54, 1.807) is 35.6 Å². The molecule has 19 heteroatoms. The summed E-state index contributed by atoms with van der Waals surface area (Å²) in [5.41, 5.74) is 13.8. The number of rotatable bonds is 17. The van der Waals surface area contributed by atoms with Gasteiger partial charge in [0.15, 0.2) is 11.6 Å². The molecule has 396 valence electrons. The summed E-state index contributed by atoms with van der Waals surface area (Å²) < 4.78 is 13.8. The fraction of sp³-hybridized carbons (Fsp3) is 0.500. The van der Waals surface area contributed by atoms with E-state index < -0.39 is 18.1 Å². The van der Waals surface area contributed by atoms with Crippen molar-refractivity contribution in [3.05, 3.63) is 95.6 Å². The topological polar surface area (TPSA) is 231 Å². The molecule has 0 bridgehead atoms. The molecule has 0 spiro atoms. The molecule has 4 atom stereocenters. The van der Waals surface area contributed by atoms with Crippen LogP contribution in [-0.4, -0.2) is 131 Å². The molecule has 5 N–H and O–H groups in total. The molecule has 3 saturated heterocycles. The number of carbonyl (C=O) groups is 3. The summed E-state index contributed by atoms with van der Waals surface area (Å²) in [6.45, 7) is 12.7. The number of aromatic nitrogens is 6. The van der Waals surface area contributed by atoms with E-state index in [1.807, 2.05) is 86.7 Å². The van der Waals surface area contributed by atoms with E-state index in [-0.39, 0.29) is 54.4 Å². The van der Waals surface area contributed by atoms with Gasteiger partial charge in [-0.3, -0.25) is 19.1 Å². The number of aryl methyl sites for hydroxylation is 1. The summed E-state index contributed by atoms with van der Waals surface area (Å²) in [7, 11) is 0. The minimum atomic E-state index is -0.833. The van der Waals surface area contributed by atoms with E-state index in [0.29, 0.717) is 53.1 Å². The number of nitrogens with one attached hydrogen (secondary N) is 1. The van der Waals surface area contributed by atoms with Crippen LogP contribution in [0.15, 0.2) is 83.1 Å². The van der Waals surface area contributed by atoms with Crippen molar-refractivity contribution in [2.75, 3.05) is 51.6 Å². The number of carbonyl (C=O) groups excluding carboxylic acids is 3. The van der Waals surface area contributed by atoms with Crippen LogP contribution in [0.1, 0.15) is 107 Å². The summed E-state index contributed by atoms with van der Waals surface area (Å²) in [6, 6.07) is 17.7. The van der Waals surface area contributed by atoms with Crippen molar-refractivity contribution >= 4 is 34.9 Å². The number of piperidine rings is 2. The Hall–Kier alpha value is -6.70. The van der Waals surface area contributed by atoms with Gasteiger partial charge in [-0.25, -0.2) is 4.98 Å². The molecule has 4 aliphatic rings. The first-order valence-electron chi connectivity index (χ1n) is 26.6. The number of para-hydroxylation sites is 1. The minimum absolute atomic E-state index is 0.0495. The first-order chi connectivity index (χ1) is 36.3. The predicted molar refractivity (Wildman–Crippen MR) is 284 cm³/mol. The molecule has 6 aromatic rings. The monoisotopic (exact) mass is 1040 g/mol. The molecule has 0 unspecified atom stereocenters. The minimum Gasteiger partial charge on any atom is -0.507 e. The smallest absolute Gasteiger partial charge is 0.254 e. The number of amides is 3. The second-order valence-electron chi connectivity index (χ2n) is 21.5. The van der Waals surface area contributed by atoms with Crippen LogP contribution in [0, 0.1) is 30.6 Å². The maximum absolute atomic E-state index is 14.2. The number of nitrogen functional groups attached to an aromatic ring is 1. The average Bonchev–Trinajstić information content (AvgIpc) is 4.24. The Morgan fingerprint density at radius 3 is 2.40 bits per heavy atom. The Balaban J connectivity index is 0.629. The average molecular weight is 1040 g/mol. The Morgan fingerprint density at radius 2 is 1.68 bits per heavy atom. The fourth-order valence-electron chi connectivity index (χ4n) is 11.6. The quantitative estimate of drug-likeness (QED) is 0.0687. The van der Waals surface area contributed by atoms with E-state index in [2.05, 4.69) is 35.5 Å². The Bertz CT molecular complexity index is 2940. The number of thiazole rings is 1. The van der Waals surface area contributed by atoms with E-state index >= 15 is 0 Å². The first kappa shape index (κ1) is 51.8. The van der Waals surface area contributed by atoms with Crippen molar-refractivity contribution in [3.8, 4) is 44.5 Å². The molecule has 7 heterocycles. The number of nitrogens with zero attached hydrogens (tertiary/aromatic N) is 9. The van der Waals surface area contributed by atoms with Gasteiger partial charge in [0.05, 0.1) is 52.8 Å². The number of likely N-dealkylation sites (tertiary alicyclic amines) is 3. The molecule has 18 nitrogen and oxygen atoms in total. The largest absolute Gasteiger partial charge is 0.507 e. The molecule has 1 aliphatic carbocycles. The lowest BCUT2D eigenvalue weighted by atomic mass is 9.73. The number of aromatic hydroxyl groups is 1. The van der Waals surface area contributed by atoms with Crippen molar-refractivity contribution < 1.29 is 33.9 Å². The van der Waals surface area contributed by atoms with Gasteiger partial charge in [-0.05, 0) is 111 Å². The highest BCUT2D eigenvalue weighted by Crippen LogP contribution is 2.39. The van der Waals surface area contributed by atoms with Gasteiger partial charge in [0.2, 0.25) is 17.7 Å². The molecule has 10 rings (SSSR count). The fourth-order valence-corrected chi connectivity index (χ4v) is 12.4. The third kappa shape index (κ3) is 11.6. The van der Waals surface area contributed by atoms with Gasteiger partial charge in [0.1, 0.15) is 17.7 Å². The standard InChI is InChI=1S/C56H69N11O7S/c1-33(2)51(56(72)66-31-43(68)25-47(66)54(70)60-34(3)38-9-11-39(12-10-38)52-35(4)58-32-75-52)49-27-50(63-74-49)73-22-17-36-13-20-65(21-14-36)55(71)40-23-37(24-40)29-64-18-15-42(16-19-64)67-30-41(28-59-67)45-26-46(61-62-53(45)57)44-7-5-6-8-48(44)69/h5-12,26-28,30,32-34,36-37,40,42-43,47,51,68-69H,13-25,29,31H2,1-4H3,(H2,57,62)(H,60,70)/t34-,37?,40?,43+,47-,51+/m0/s1. The van der Waals surface area contributed by atoms with Gasteiger partial charge in [0, 0.05) is 80.6 Å². The number of hydrogen-bond donors (Lipinski definition) is 4. The predicted octanol–water partition coefficient (Wildman–Crippen LogP) is 7.66. The second kappa shape index (κ2) is 22.6. The molecular weight excluding hydrogens is 971 g/mol. The van der Waals surface area contributed by atoms with Crippen molar-refractivity contribution in [1.82, 2.24) is 50.1 Å². The molecule has 4 aromatic heterocycles. The van der Waals surface area contributed by atoms with Gasteiger partial charge in [-0.1, -0.05) is 50.2 Å². The Labute approximate surface area is 441 Å². The number of aliphatic hydroxyl groups excluding tert-OH is 1. The van der Waals surface area contributed by atoms with Crippen LogP contribution in [0.4, 0.5) is 5.82 Å². The van der Waals surface area contributed by atoms with Crippen LogP contribution in [0.2, 0.25) is 0 Å². The maximum atomic E-state index is 14.2. The highest BCUT2D eigenvalue weighted by atomic mass is 32.1. The number of phenols is 1. The van der Waals surface area contributed by atoms with Gasteiger partial charge in [0.25, 0.3) is 5.88 Å². The van der Waals surface area contributed by atoms with Crippen molar-refractivity contribution in [2.24, 2.45) is 23.7 Å². The van der Waals surface area contributed by atoms with Crippen molar-refractivity contribution in [2.45, 2.75) is 109 Å². The molecule has 2 aromatic carbocycles. The van der Waals surface area contributed by atoms with Crippen LogP contribution < -0.4 is 15.8 Å². The third-order valence-corrected chi connectivity index (χ3v) is 17.0. The molecule has 0 radical (unpaired) electrons. The summed E-state index contributed by atoms with van der Waals surface area (Å²) in [5, 5.41) is 41.4. The summed E-state index contributed by atoms with van der Waals surface area (Å²) in [6.07, 6.45) is 9.70. The van der Waals surface area contributed by atoms with Crippen LogP contribution in [0.5, 0.6) is 11.6 Å². The van der Waals surface area contributed by atoms with Crippen LogP contribution in [0.25, 0.3) is 32.8 Å². The number of benzene rings is 2. The van der Waals surface area contributed by atoms with Gasteiger partial charge < -0.3 is 45.2 Å². The molecular formula is C56H69N11O7S. The molecule has 75 heavy (non-hydrogen) atoms. The zero-order valence-electron chi connectivity index (χ0n) is 43.3. The number of hydrogen-bond acceptors (Lipinski definition) is 15. The lowest BCUT2D eigenvalue weighted by Gasteiger charge is -2.42. The summed E-state index contributed by atoms with van der Waals surface area (Å²) >= 11 is 1.59.